The molecule has 0 aliphatic carbocycles. The molecule has 0 saturated carbocycles. The van der Waals surface area contributed by atoms with Gasteiger partial charge in [-0.2, -0.15) is 13.2 Å². The second-order valence-corrected chi connectivity index (χ2v) is 7.09. The Hall–Kier alpha value is -3.60. The first-order valence-corrected chi connectivity index (χ1v) is 9.41. The number of anilines is 1. The highest BCUT2D eigenvalue weighted by Gasteiger charge is 2.30. The van der Waals surface area contributed by atoms with E-state index in [2.05, 4.69) is 35.1 Å². The Labute approximate surface area is 172 Å². The molecule has 0 aliphatic heterocycles. The van der Waals surface area contributed by atoms with Crippen molar-refractivity contribution in [2.45, 2.75) is 13.1 Å². The van der Waals surface area contributed by atoms with Crippen LogP contribution in [0.3, 0.4) is 0 Å². The lowest BCUT2D eigenvalue weighted by molar-refractivity contribution is -0.137. The minimum absolute atomic E-state index is 0.368. The average Bonchev–Trinajstić information content (AvgIpc) is 2.74. The number of fused-ring (bicyclic) bond motifs is 1. The molecular formula is C25H19F3N2. The Morgan fingerprint density at radius 2 is 1.70 bits per heavy atom. The van der Waals surface area contributed by atoms with Gasteiger partial charge in [0.1, 0.15) is 0 Å². The molecule has 0 aliphatic rings. The number of aryl methyl sites for hydroxylation is 1. The fourth-order valence-electron chi connectivity index (χ4n) is 3.35. The van der Waals surface area contributed by atoms with Crippen LogP contribution < -0.4 is 5.32 Å². The molecule has 4 rings (SSSR count). The van der Waals surface area contributed by atoms with E-state index in [1.807, 2.05) is 36.4 Å². The molecule has 0 atom stereocenters. The van der Waals surface area contributed by atoms with Crippen molar-refractivity contribution >= 4 is 22.2 Å². The van der Waals surface area contributed by atoms with Gasteiger partial charge in [-0.05, 0) is 47.5 Å². The van der Waals surface area contributed by atoms with Crippen LogP contribution in [0.5, 0.6) is 0 Å². The molecule has 0 bridgehead atoms. The van der Waals surface area contributed by atoms with Gasteiger partial charge in [0.25, 0.3) is 0 Å². The molecule has 0 fully saturated rings. The first-order valence-electron chi connectivity index (χ1n) is 9.41. The number of rotatable bonds is 4. The molecule has 1 N–H and O–H groups in total. The second-order valence-electron chi connectivity index (χ2n) is 7.09. The van der Waals surface area contributed by atoms with E-state index in [0.29, 0.717) is 22.5 Å². The number of halogens is 3. The van der Waals surface area contributed by atoms with Gasteiger partial charge < -0.3 is 5.32 Å². The molecule has 1 aromatic heterocycles. The van der Waals surface area contributed by atoms with Crippen LogP contribution >= 0.6 is 0 Å². The zero-order chi connectivity index (χ0) is 21.3. The Morgan fingerprint density at radius 3 is 2.43 bits per heavy atom. The Morgan fingerprint density at radius 1 is 0.933 bits per heavy atom. The Bertz CT molecular complexity index is 1220. The number of nitrogens with one attached hydrogen (secondary N) is 1. The van der Waals surface area contributed by atoms with E-state index in [1.54, 1.807) is 13.1 Å². The largest absolute Gasteiger partial charge is 0.416 e. The lowest BCUT2D eigenvalue weighted by atomic mass is 10.0. The number of nitrogens with zero attached hydrogens (tertiary/aromatic N) is 1. The van der Waals surface area contributed by atoms with E-state index in [4.69, 9.17) is 0 Å². The molecule has 30 heavy (non-hydrogen) atoms. The molecule has 4 aromatic rings. The quantitative estimate of drug-likeness (QED) is 0.386. The van der Waals surface area contributed by atoms with Gasteiger partial charge in [-0.3, -0.25) is 4.98 Å². The molecule has 0 radical (unpaired) electrons. The van der Waals surface area contributed by atoms with Crippen molar-refractivity contribution in [1.29, 1.82) is 0 Å². The topological polar surface area (TPSA) is 24.9 Å². The maximum Gasteiger partial charge on any atom is 0.416 e. The summed E-state index contributed by atoms with van der Waals surface area (Å²) in [5, 5.41) is 5.23. The number of hydrogen-bond donors (Lipinski definition) is 1. The summed E-state index contributed by atoms with van der Waals surface area (Å²) in [4.78, 5) is 4.56. The summed E-state index contributed by atoms with van der Waals surface area (Å²) in [6.07, 6.45) is -2.72. The second kappa shape index (κ2) is 7.67. The van der Waals surface area contributed by atoms with Gasteiger partial charge in [0, 0.05) is 28.7 Å². The van der Waals surface area contributed by atoms with Crippen molar-refractivity contribution in [1.82, 2.24) is 4.98 Å². The Kier molecular flexibility index (Phi) is 5.04. The summed E-state index contributed by atoms with van der Waals surface area (Å²) >= 11 is 0. The molecule has 0 unspecified atom stereocenters. The van der Waals surface area contributed by atoms with E-state index >= 15 is 0 Å². The standard InChI is InChI=1S/C25H19F3N2/c1-16-10-12-20(25(26,27)28)14-24(16)30-17(2)19-11-13-23(29-15-19)22-9-5-7-18-6-3-4-8-21(18)22/h3-15,30H,2H2,1H3. The van der Waals surface area contributed by atoms with Gasteiger partial charge in [-0.25, -0.2) is 0 Å². The van der Waals surface area contributed by atoms with E-state index in [9.17, 15) is 13.2 Å². The van der Waals surface area contributed by atoms with Gasteiger partial charge in [0.15, 0.2) is 0 Å². The van der Waals surface area contributed by atoms with Gasteiger partial charge in [0.2, 0.25) is 0 Å². The zero-order valence-electron chi connectivity index (χ0n) is 16.3. The summed E-state index contributed by atoms with van der Waals surface area (Å²) < 4.78 is 39.0. The normalized spacial score (nSPS) is 11.5. The third kappa shape index (κ3) is 3.92. The third-order valence-electron chi connectivity index (χ3n) is 5.03. The number of hydrogen-bond acceptors (Lipinski definition) is 2. The highest BCUT2D eigenvalue weighted by molar-refractivity contribution is 5.95. The van der Waals surface area contributed by atoms with E-state index < -0.39 is 11.7 Å². The molecule has 0 saturated heterocycles. The van der Waals surface area contributed by atoms with Crippen LogP contribution in [0.4, 0.5) is 18.9 Å². The maximum atomic E-state index is 13.0. The van der Waals surface area contributed by atoms with Crippen molar-refractivity contribution in [2.24, 2.45) is 0 Å². The van der Waals surface area contributed by atoms with Crippen molar-refractivity contribution in [2.75, 3.05) is 5.32 Å². The molecule has 150 valence electrons. The molecule has 1 heterocycles. The Balaban J connectivity index is 1.60. The first kappa shape index (κ1) is 19.7. The van der Waals surface area contributed by atoms with Crippen LogP contribution in [-0.2, 0) is 6.18 Å². The van der Waals surface area contributed by atoms with Crippen LogP contribution in [0, 0.1) is 6.92 Å². The minimum atomic E-state index is -4.40. The highest BCUT2D eigenvalue weighted by atomic mass is 19.4. The summed E-state index contributed by atoms with van der Waals surface area (Å²) in [6, 6.07) is 21.5. The summed E-state index contributed by atoms with van der Waals surface area (Å²) in [5.74, 6) is 0. The molecule has 3 aromatic carbocycles. The molecular weight excluding hydrogens is 385 g/mol. The predicted molar refractivity (Wildman–Crippen MR) is 116 cm³/mol. The number of alkyl halides is 3. The molecule has 0 spiro atoms. The third-order valence-corrected chi connectivity index (χ3v) is 5.03. The van der Waals surface area contributed by atoms with Crippen molar-refractivity contribution in [3.05, 3.63) is 102 Å². The fraction of sp³-hybridized carbons (Fsp3) is 0.0800. The molecule has 2 nitrogen and oxygen atoms in total. The monoisotopic (exact) mass is 404 g/mol. The number of aromatic nitrogens is 1. The summed E-state index contributed by atoms with van der Waals surface area (Å²) in [5.41, 5.74) is 3.39. The van der Waals surface area contributed by atoms with E-state index in [-0.39, 0.29) is 0 Å². The van der Waals surface area contributed by atoms with Crippen LogP contribution in [0.1, 0.15) is 16.7 Å². The summed E-state index contributed by atoms with van der Waals surface area (Å²) in [6.45, 7) is 5.72. The van der Waals surface area contributed by atoms with E-state index in [0.717, 1.165) is 34.2 Å². The van der Waals surface area contributed by atoms with Crippen LogP contribution in [-0.4, -0.2) is 4.98 Å². The highest BCUT2D eigenvalue weighted by Crippen LogP contribution is 2.33. The smallest absolute Gasteiger partial charge is 0.355 e. The minimum Gasteiger partial charge on any atom is -0.355 e. The average molecular weight is 404 g/mol. The van der Waals surface area contributed by atoms with E-state index in [1.165, 1.54) is 6.07 Å². The van der Waals surface area contributed by atoms with Gasteiger partial charge in [-0.1, -0.05) is 55.1 Å². The summed E-state index contributed by atoms with van der Waals surface area (Å²) in [7, 11) is 0. The lowest BCUT2D eigenvalue weighted by Crippen LogP contribution is -2.07. The molecule has 5 heteroatoms. The van der Waals surface area contributed by atoms with Gasteiger partial charge >= 0.3 is 6.18 Å². The number of benzene rings is 3. The number of pyridine rings is 1. The predicted octanol–water partition coefficient (Wildman–Crippen LogP) is 7.31. The first-order chi connectivity index (χ1) is 14.3. The maximum absolute atomic E-state index is 13.0. The van der Waals surface area contributed by atoms with Gasteiger partial charge in [0.05, 0.1) is 11.3 Å². The van der Waals surface area contributed by atoms with Gasteiger partial charge in [-0.15, -0.1) is 0 Å². The fourth-order valence-corrected chi connectivity index (χ4v) is 3.35. The lowest BCUT2D eigenvalue weighted by Gasteiger charge is -2.15. The van der Waals surface area contributed by atoms with Crippen LogP contribution in [0.15, 0.2) is 85.6 Å². The molecule has 0 amide bonds. The van der Waals surface area contributed by atoms with Crippen molar-refractivity contribution in [3.8, 4) is 11.3 Å². The van der Waals surface area contributed by atoms with Crippen molar-refractivity contribution < 1.29 is 13.2 Å². The van der Waals surface area contributed by atoms with Crippen LogP contribution in [0.2, 0.25) is 0 Å². The SMILES string of the molecule is C=C(Nc1cc(C(F)(F)F)ccc1C)c1ccc(-c2cccc3ccccc23)nc1. The zero-order valence-corrected chi connectivity index (χ0v) is 16.3. The van der Waals surface area contributed by atoms with Crippen LogP contribution in [0.25, 0.3) is 27.7 Å². The van der Waals surface area contributed by atoms with Crippen molar-refractivity contribution in [3.63, 3.8) is 0 Å².